The minimum absolute atomic E-state index is 0.118. The van der Waals surface area contributed by atoms with E-state index in [9.17, 15) is 19.3 Å². The maximum Gasteiger partial charge on any atom is 0.288 e. The monoisotopic (exact) mass is 372 g/mol. The van der Waals surface area contributed by atoms with E-state index in [1.807, 2.05) is 0 Å². The molecule has 0 saturated carbocycles. The van der Waals surface area contributed by atoms with E-state index in [-0.39, 0.29) is 22.0 Å². The Hall–Kier alpha value is -1.99. The third-order valence-corrected chi connectivity index (χ3v) is 3.37. The predicted molar refractivity (Wildman–Crippen MR) is 80.2 cm³/mol. The number of rotatable bonds is 3. The van der Waals surface area contributed by atoms with Gasteiger partial charge in [-0.25, -0.2) is 4.39 Å². The Morgan fingerprint density at radius 1 is 1.29 bits per heavy atom. The van der Waals surface area contributed by atoms with Crippen molar-refractivity contribution in [2.24, 2.45) is 0 Å². The largest absolute Gasteiger partial charge is 0.322 e. The summed E-state index contributed by atoms with van der Waals surface area (Å²) in [5, 5.41) is 12.9. The fourth-order valence-corrected chi connectivity index (χ4v) is 2.21. The number of carbonyl (C=O) groups is 1. The van der Waals surface area contributed by atoms with Crippen molar-refractivity contribution in [2.45, 2.75) is 0 Å². The number of nitro groups is 1. The first-order chi connectivity index (χ1) is 9.88. The smallest absolute Gasteiger partial charge is 0.288 e. The summed E-state index contributed by atoms with van der Waals surface area (Å²) in [5.74, 6) is -1.36. The highest BCUT2D eigenvalue weighted by molar-refractivity contribution is 9.10. The van der Waals surface area contributed by atoms with E-state index in [1.165, 1.54) is 24.3 Å². The summed E-state index contributed by atoms with van der Waals surface area (Å²) in [5.41, 5.74) is -0.197. The highest BCUT2D eigenvalue weighted by Gasteiger charge is 2.15. The molecule has 0 bridgehead atoms. The summed E-state index contributed by atoms with van der Waals surface area (Å²) in [6.45, 7) is 0. The Bertz CT molecular complexity index is 739. The van der Waals surface area contributed by atoms with Crippen LogP contribution in [0.3, 0.4) is 0 Å². The number of nitro benzene ring substituents is 1. The molecule has 0 unspecified atom stereocenters. The van der Waals surface area contributed by atoms with Crippen LogP contribution in [-0.2, 0) is 0 Å². The molecule has 1 amide bonds. The lowest BCUT2D eigenvalue weighted by atomic mass is 10.2. The Kier molecular flexibility index (Phi) is 4.54. The molecule has 0 aromatic heterocycles. The van der Waals surface area contributed by atoms with Crippen LogP contribution in [0.2, 0.25) is 5.02 Å². The van der Waals surface area contributed by atoms with Crippen LogP contribution in [0, 0.1) is 15.9 Å². The van der Waals surface area contributed by atoms with Gasteiger partial charge in [0.15, 0.2) is 0 Å². The third-order valence-electron chi connectivity index (χ3n) is 2.58. The standard InChI is InChI=1S/C13H7BrClFN2O3/c14-7-1-3-11(16)9(5-7)13(19)17-8-2-4-12(18(20)21)10(15)6-8/h1-6H,(H,17,19). The van der Waals surface area contributed by atoms with Gasteiger partial charge in [-0.05, 0) is 30.3 Å². The fraction of sp³-hybridized carbons (Fsp3) is 0. The van der Waals surface area contributed by atoms with E-state index < -0.39 is 16.6 Å². The number of benzene rings is 2. The van der Waals surface area contributed by atoms with Crippen molar-refractivity contribution < 1.29 is 14.1 Å². The molecule has 0 atom stereocenters. The van der Waals surface area contributed by atoms with Crippen LogP contribution in [0.15, 0.2) is 40.9 Å². The van der Waals surface area contributed by atoms with Gasteiger partial charge < -0.3 is 5.32 Å². The number of amides is 1. The van der Waals surface area contributed by atoms with Crippen LogP contribution in [0.4, 0.5) is 15.8 Å². The van der Waals surface area contributed by atoms with Crippen molar-refractivity contribution in [3.63, 3.8) is 0 Å². The second kappa shape index (κ2) is 6.19. The van der Waals surface area contributed by atoms with Crippen molar-refractivity contribution in [1.82, 2.24) is 0 Å². The van der Waals surface area contributed by atoms with Gasteiger partial charge in [0, 0.05) is 16.2 Å². The number of carbonyl (C=O) groups excluding carboxylic acids is 1. The molecule has 1 N–H and O–H groups in total. The first-order valence-corrected chi connectivity index (χ1v) is 6.76. The molecule has 0 aliphatic heterocycles. The van der Waals surface area contributed by atoms with Gasteiger partial charge in [0.2, 0.25) is 0 Å². The average Bonchev–Trinajstić information content (AvgIpc) is 2.41. The summed E-state index contributed by atoms with van der Waals surface area (Å²) in [4.78, 5) is 22.0. The number of hydrogen-bond donors (Lipinski definition) is 1. The molecule has 21 heavy (non-hydrogen) atoms. The second-order valence-electron chi connectivity index (χ2n) is 4.00. The van der Waals surface area contributed by atoms with Crippen LogP contribution >= 0.6 is 27.5 Å². The lowest BCUT2D eigenvalue weighted by Gasteiger charge is -2.07. The summed E-state index contributed by atoms with van der Waals surface area (Å²) >= 11 is 8.88. The quantitative estimate of drug-likeness (QED) is 0.640. The zero-order valence-electron chi connectivity index (χ0n) is 10.3. The number of hydrogen-bond acceptors (Lipinski definition) is 3. The number of anilines is 1. The Balaban J connectivity index is 2.26. The van der Waals surface area contributed by atoms with E-state index in [4.69, 9.17) is 11.6 Å². The normalized spacial score (nSPS) is 10.2. The van der Waals surface area contributed by atoms with Gasteiger partial charge in [-0.2, -0.15) is 0 Å². The Morgan fingerprint density at radius 3 is 2.62 bits per heavy atom. The maximum absolute atomic E-state index is 13.6. The van der Waals surface area contributed by atoms with Crippen molar-refractivity contribution in [3.05, 3.63) is 67.4 Å². The zero-order valence-corrected chi connectivity index (χ0v) is 12.6. The van der Waals surface area contributed by atoms with E-state index >= 15 is 0 Å². The van der Waals surface area contributed by atoms with Crippen molar-refractivity contribution in [2.75, 3.05) is 5.32 Å². The van der Waals surface area contributed by atoms with Gasteiger partial charge in [-0.3, -0.25) is 14.9 Å². The first-order valence-electron chi connectivity index (χ1n) is 5.59. The average molecular weight is 374 g/mol. The van der Waals surface area contributed by atoms with Crippen molar-refractivity contribution in [3.8, 4) is 0 Å². The molecule has 0 saturated heterocycles. The molecule has 0 fully saturated rings. The second-order valence-corrected chi connectivity index (χ2v) is 5.32. The zero-order chi connectivity index (χ0) is 15.6. The molecule has 8 heteroatoms. The summed E-state index contributed by atoms with van der Waals surface area (Å²) in [7, 11) is 0. The Morgan fingerprint density at radius 2 is 2.00 bits per heavy atom. The lowest BCUT2D eigenvalue weighted by Crippen LogP contribution is -2.13. The molecule has 2 aromatic carbocycles. The molecule has 2 aromatic rings. The minimum atomic E-state index is -0.682. The molecule has 0 radical (unpaired) electrons. The van der Waals surface area contributed by atoms with Crippen molar-refractivity contribution >= 4 is 44.8 Å². The molecular formula is C13H7BrClFN2O3. The van der Waals surface area contributed by atoms with Gasteiger partial charge >= 0.3 is 0 Å². The van der Waals surface area contributed by atoms with Crippen LogP contribution < -0.4 is 5.32 Å². The van der Waals surface area contributed by atoms with E-state index in [2.05, 4.69) is 21.2 Å². The SMILES string of the molecule is O=C(Nc1ccc([N+](=O)[O-])c(Cl)c1)c1cc(Br)ccc1F. The fourth-order valence-electron chi connectivity index (χ4n) is 1.60. The molecule has 108 valence electrons. The van der Waals surface area contributed by atoms with Crippen molar-refractivity contribution in [1.29, 1.82) is 0 Å². The number of nitrogens with one attached hydrogen (secondary N) is 1. The molecule has 0 aliphatic carbocycles. The molecular weight excluding hydrogens is 367 g/mol. The third kappa shape index (κ3) is 3.56. The number of halogens is 3. The molecule has 0 spiro atoms. The first kappa shape index (κ1) is 15.4. The summed E-state index contributed by atoms with van der Waals surface area (Å²) in [6.07, 6.45) is 0. The summed E-state index contributed by atoms with van der Waals surface area (Å²) in [6, 6.07) is 7.66. The van der Waals surface area contributed by atoms with Crippen LogP contribution in [0.5, 0.6) is 0 Å². The predicted octanol–water partition coefficient (Wildman–Crippen LogP) is 4.40. The minimum Gasteiger partial charge on any atom is -0.322 e. The van der Waals surface area contributed by atoms with E-state index in [1.54, 1.807) is 0 Å². The lowest BCUT2D eigenvalue weighted by molar-refractivity contribution is -0.384. The van der Waals surface area contributed by atoms with Crippen LogP contribution in [0.25, 0.3) is 0 Å². The van der Waals surface area contributed by atoms with Gasteiger partial charge in [-0.15, -0.1) is 0 Å². The number of nitrogens with zero attached hydrogens (tertiary/aromatic N) is 1. The van der Waals surface area contributed by atoms with Gasteiger partial charge in [0.25, 0.3) is 11.6 Å². The van der Waals surface area contributed by atoms with Gasteiger partial charge in [-0.1, -0.05) is 27.5 Å². The molecule has 0 heterocycles. The van der Waals surface area contributed by atoms with Crippen LogP contribution in [-0.4, -0.2) is 10.8 Å². The molecule has 5 nitrogen and oxygen atoms in total. The summed E-state index contributed by atoms with van der Waals surface area (Å²) < 4.78 is 14.1. The molecule has 0 aliphatic rings. The molecule has 2 rings (SSSR count). The van der Waals surface area contributed by atoms with Crippen LogP contribution in [0.1, 0.15) is 10.4 Å². The van der Waals surface area contributed by atoms with Gasteiger partial charge in [0.1, 0.15) is 10.8 Å². The highest BCUT2D eigenvalue weighted by atomic mass is 79.9. The highest BCUT2D eigenvalue weighted by Crippen LogP contribution is 2.27. The maximum atomic E-state index is 13.6. The van der Waals surface area contributed by atoms with E-state index in [0.29, 0.717) is 4.47 Å². The van der Waals surface area contributed by atoms with E-state index in [0.717, 1.165) is 12.1 Å². The topological polar surface area (TPSA) is 72.2 Å². The van der Waals surface area contributed by atoms with Gasteiger partial charge in [0.05, 0.1) is 10.5 Å². The Labute approximate surface area is 132 Å².